The zero-order valence-corrected chi connectivity index (χ0v) is 20.2. The van der Waals surface area contributed by atoms with Gasteiger partial charge in [-0.1, -0.05) is 49.2 Å². The molecule has 1 aliphatic heterocycles. The number of nitrogens with zero attached hydrogens (tertiary/aromatic N) is 4. The lowest BCUT2D eigenvalue weighted by Crippen LogP contribution is -2.31. The third-order valence-corrected chi connectivity index (χ3v) is 6.34. The lowest BCUT2D eigenvalue weighted by atomic mass is 10.1. The lowest BCUT2D eigenvalue weighted by molar-refractivity contribution is 0.269. The predicted molar refractivity (Wildman–Crippen MR) is 125 cm³/mol. The minimum atomic E-state index is 0.442. The summed E-state index contributed by atoms with van der Waals surface area (Å²) in [5, 5.41) is 6.01. The molecule has 30 heavy (non-hydrogen) atoms. The van der Waals surface area contributed by atoms with E-state index in [0.29, 0.717) is 29.1 Å². The molecule has 8 heteroatoms. The fraction of sp³-hybridized carbons (Fsp3) is 0.364. The highest BCUT2D eigenvalue weighted by molar-refractivity contribution is 9.10. The summed E-state index contributed by atoms with van der Waals surface area (Å²) in [7, 11) is 0. The van der Waals surface area contributed by atoms with Crippen LogP contribution in [0.5, 0.6) is 5.75 Å². The monoisotopic (exact) mass is 508 g/mol. The quantitative estimate of drug-likeness (QED) is 0.408. The Morgan fingerprint density at radius 1 is 1.27 bits per heavy atom. The van der Waals surface area contributed by atoms with Crippen molar-refractivity contribution in [1.29, 1.82) is 0 Å². The van der Waals surface area contributed by atoms with Crippen LogP contribution < -0.4 is 9.64 Å². The van der Waals surface area contributed by atoms with Crippen molar-refractivity contribution in [3.05, 3.63) is 61.9 Å². The highest BCUT2D eigenvalue weighted by Gasteiger charge is 2.27. The normalized spacial score (nSPS) is 13.6. The number of pyridine rings is 1. The number of halogens is 3. The number of aromatic nitrogens is 3. The summed E-state index contributed by atoms with van der Waals surface area (Å²) in [6.07, 6.45) is 2.43. The van der Waals surface area contributed by atoms with E-state index in [2.05, 4.69) is 52.7 Å². The summed E-state index contributed by atoms with van der Waals surface area (Å²) in [5.74, 6) is 2.02. The van der Waals surface area contributed by atoms with Crippen LogP contribution in [-0.4, -0.2) is 27.9 Å². The second kappa shape index (κ2) is 8.77. The molecule has 0 fully saturated rings. The molecule has 4 rings (SSSR count). The van der Waals surface area contributed by atoms with Gasteiger partial charge in [-0.15, -0.1) is 0 Å². The van der Waals surface area contributed by atoms with E-state index >= 15 is 0 Å². The van der Waals surface area contributed by atoms with Crippen LogP contribution in [0, 0.1) is 12.8 Å². The number of ether oxygens (including phenoxy) is 1. The zero-order chi connectivity index (χ0) is 21.4. The first kappa shape index (κ1) is 21.5. The zero-order valence-electron chi connectivity index (χ0n) is 17.1. The fourth-order valence-electron chi connectivity index (χ4n) is 3.59. The summed E-state index contributed by atoms with van der Waals surface area (Å²) in [6, 6.07) is 7.82. The molecule has 0 N–H and O–H groups in total. The first-order valence-corrected chi connectivity index (χ1v) is 11.4. The molecule has 0 spiro atoms. The number of rotatable bonds is 5. The Morgan fingerprint density at radius 2 is 2.07 bits per heavy atom. The van der Waals surface area contributed by atoms with Crippen LogP contribution in [0.15, 0.2) is 35.1 Å². The molecule has 0 saturated heterocycles. The minimum absolute atomic E-state index is 0.442. The minimum Gasteiger partial charge on any atom is -0.491 e. The fourth-order valence-corrected chi connectivity index (χ4v) is 4.70. The molecule has 0 bridgehead atoms. The van der Waals surface area contributed by atoms with E-state index in [1.807, 2.05) is 16.8 Å². The maximum absolute atomic E-state index is 6.39. The van der Waals surface area contributed by atoms with Crippen molar-refractivity contribution in [1.82, 2.24) is 14.8 Å². The summed E-state index contributed by atoms with van der Waals surface area (Å²) >= 11 is 16.2. The number of hydrogen-bond donors (Lipinski definition) is 0. The largest absolute Gasteiger partial charge is 0.491 e. The highest BCUT2D eigenvalue weighted by Crippen LogP contribution is 2.36. The average molecular weight is 510 g/mol. The SMILES string of the molecule is Cc1cccc(OCC(C)C)c1-n1nc2c(c1Br)CN(c1ncc(Cl)cc1Cl)CC2. The molecule has 158 valence electrons. The van der Waals surface area contributed by atoms with Crippen molar-refractivity contribution >= 4 is 44.9 Å². The molecule has 1 aliphatic rings. The molecule has 0 amide bonds. The van der Waals surface area contributed by atoms with Crippen molar-refractivity contribution < 1.29 is 4.74 Å². The van der Waals surface area contributed by atoms with Crippen LogP contribution in [0.1, 0.15) is 30.7 Å². The van der Waals surface area contributed by atoms with Crippen molar-refractivity contribution in [2.45, 2.75) is 33.7 Å². The lowest BCUT2D eigenvalue weighted by Gasteiger charge is -2.28. The summed E-state index contributed by atoms with van der Waals surface area (Å²) < 4.78 is 8.99. The van der Waals surface area contributed by atoms with Gasteiger partial charge in [-0.2, -0.15) is 5.10 Å². The number of aryl methyl sites for hydroxylation is 1. The molecular weight excluding hydrogens is 487 g/mol. The molecule has 0 aliphatic carbocycles. The number of anilines is 1. The van der Waals surface area contributed by atoms with E-state index in [9.17, 15) is 0 Å². The Labute approximate surface area is 195 Å². The van der Waals surface area contributed by atoms with E-state index in [0.717, 1.165) is 51.6 Å². The van der Waals surface area contributed by atoms with E-state index in [-0.39, 0.29) is 0 Å². The number of para-hydroxylation sites is 1. The summed E-state index contributed by atoms with van der Waals surface area (Å²) in [6.45, 7) is 8.47. The molecule has 2 aromatic heterocycles. The Bertz CT molecular complexity index is 1080. The molecule has 0 radical (unpaired) electrons. The third kappa shape index (κ3) is 4.18. The van der Waals surface area contributed by atoms with Gasteiger partial charge < -0.3 is 9.64 Å². The molecule has 0 atom stereocenters. The van der Waals surface area contributed by atoms with Gasteiger partial charge in [0.1, 0.15) is 21.9 Å². The Morgan fingerprint density at radius 3 is 2.80 bits per heavy atom. The van der Waals surface area contributed by atoms with E-state index in [1.54, 1.807) is 12.3 Å². The predicted octanol–water partition coefficient (Wildman–Crippen LogP) is 6.24. The summed E-state index contributed by atoms with van der Waals surface area (Å²) in [5.41, 5.74) is 4.28. The third-order valence-electron chi connectivity index (χ3n) is 5.04. The van der Waals surface area contributed by atoms with Crippen molar-refractivity contribution in [3.63, 3.8) is 0 Å². The number of hydrogen-bond acceptors (Lipinski definition) is 4. The Balaban J connectivity index is 1.70. The van der Waals surface area contributed by atoms with Gasteiger partial charge in [0.2, 0.25) is 0 Å². The average Bonchev–Trinajstić information content (AvgIpc) is 3.02. The van der Waals surface area contributed by atoms with E-state index < -0.39 is 0 Å². The topological polar surface area (TPSA) is 43.2 Å². The second-order valence-corrected chi connectivity index (χ2v) is 9.48. The van der Waals surface area contributed by atoms with Crippen LogP contribution in [-0.2, 0) is 13.0 Å². The van der Waals surface area contributed by atoms with Crippen LogP contribution in [0.4, 0.5) is 5.82 Å². The van der Waals surface area contributed by atoms with Crippen LogP contribution in [0.25, 0.3) is 5.69 Å². The molecule has 3 aromatic rings. The van der Waals surface area contributed by atoms with Gasteiger partial charge in [0.05, 0.1) is 22.3 Å². The maximum atomic E-state index is 6.39. The standard InChI is InChI=1S/C22H23BrCl2N4O/c1-13(2)12-30-19-6-4-5-14(3)20(19)29-21(23)16-11-28(8-7-18(16)27-29)22-17(25)9-15(24)10-26-22/h4-6,9-10,13H,7-8,11-12H2,1-3H3. The van der Waals surface area contributed by atoms with Crippen molar-refractivity contribution in [2.75, 3.05) is 18.1 Å². The van der Waals surface area contributed by atoms with Crippen LogP contribution in [0.2, 0.25) is 10.0 Å². The molecule has 0 saturated carbocycles. The highest BCUT2D eigenvalue weighted by atomic mass is 79.9. The second-order valence-electron chi connectivity index (χ2n) is 7.88. The molecule has 5 nitrogen and oxygen atoms in total. The van der Waals surface area contributed by atoms with Crippen molar-refractivity contribution in [3.8, 4) is 11.4 Å². The maximum Gasteiger partial charge on any atom is 0.147 e. The molecular formula is C22H23BrCl2N4O. The number of benzene rings is 1. The van der Waals surface area contributed by atoms with Gasteiger partial charge >= 0.3 is 0 Å². The Hall–Kier alpha value is -1.76. The van der Waals surface area contributed by atoms with Crippen molar-refractivity contribution in [2.24, 2.45) is 5.92 Å². The van der Waals surface area contributed by atoms with Gasteiger partial charge in [-0.3, -0.25) is 0 Å². The van der Waals surface area contributed by atoms with Gasteiger partial charge in [0, 0.05) is 31.3 Å². The van der Waals surface area contributed by atoms with Crippen LogP contribution in [0.3, 0.4) is 0 Å². The first-order chi connectivity index (χ1) is 14.3. The molecule has 0 unspecified atom stereocenters. The van der Waals surface area contributed by atoms with Crippen LogP contribution >= 0.6 is 39.1 Å². The summed E-state index contributed by atoms with van der Waals surface area (Å²) in [4.78, 5) is 6.60. The van der Waals surface area contributed by atoms with E-state index in [4.69, 9.17) is 33.0 Å². The number of fused-ring (bicyclic) bond motifs is 1. The van der Waals surface area contributed by atoms with Gasteiger partial charge in [0.25, 0.3) is 0 Å². The molecule has 3 heterocycles. The van der Waals surface area contributed by atoms with E-state index in [1.165, 1.54) is 0 Å². The Kier molecular flexibility index (Phi) is 6.28. The first-order valence-electron chi connectivity index (χ1n) is 9.90. The molecule has 1 aromatic carbocycles. The van der Waals surface area contributed by atoms with Gasteiger partial charge in [-0.05, 0) is 46.5 Å². The van der Waals surface area contributed by atoms with Gasteiger partial charge in [0.15, 0.2) is 0 Å². The van der Waals surface area contributed by atoms with Gasteiger partial charge in [-0.25, -0.2) is 9.67 Å². The smallest absolute Gasteiger partial charge is 0.147 e.